The molecule has 0 spiro atoms. The number of nitrogens with zero attached hydrogens (tertiary/aromatic N) is 3. The third-order valence-corrected chi connectivity index (χ3v) is 6.57. The lowest BCUT2D eigenvalue weighted by atomic mass is 9.99. The van der Waals surface area contributed by atoms with Crippen LogP contribution >= 0.6 is 23.1 Å². The summed E-state index contributed by atoms with van der Waals surface area (Å²) in [7, 11) is 1.66. The molecule has 2 heterocycles. The van der Waals surface area contributed by atoms with Crippen LogP contribution in [0.25, 0.3) is 16.4 Å². The summed E-state index contributed by atoms with van der Waals surface area (Å²) in [5.41, 5.74) is 0.883. The number of carbonyl (C=O) groups is 1. The predicted molar refractivity (Wildman–Crippen MR) is 104 cm³/mol. The lowest BCUT2D eigenvalue weighted by Crippen LogP contribution is -2.21. The number of aromatic nitrogens is 3. The van der Waals surface area contributed by atoms with Crippen molar-refractivity contribution in [3.8, 4) is 22.1 Å². The van der Waals surface area contributed by atoms with E-state index in [-0.39, 0.29) is 5.25 Å². The molecule has 1 atom stereocenters. The van der Waals surface area contributed by atoms with Crippen LogP contribution in [-0.2, 0) is 4.79 Å². The summed E-state index contributed by atoms with van der Waals surface area (Å²) < 4.78 is 7.57. The van der Waals surface area contributed by atoms with Crippen molar-refractivity contribution in [3.63, 3.8) is 0 Å². The molecule has 4 rings (SSSR count). The van der Waals surface area contributed by atoms with Crippen molar-refractivity contribution in [2.75, 3.05) is 7.11 Å². The van der Waals surface area contributed by atoms with Crippen LogP contribution in [0.5, 0.6) is 5.75 Å². The molecule has 0 bridgehead atoms. The van der Waals surface area contributed by atoms with Crippen LogP contribution < -0.4 is 4.74 Å². The van der Waals surface area contributed by atoms with Gasteiger partial charge in [0.25, 0.3) is 0 Å². The van der Waals surface area contributed by atoms with E-state index >= 15 is 0 Å². The van der Waals surface area contributed by atoms with Crippen molar-refractivity contribution >= 4 is 28.9 Å². The predicted octanol–water partition coefficient (Wildman–Crippen LogP) is 4.61. The van der Waals surface area contributed by atoms with Gasteiger partial charge in [0, 0.05) is 6.42 Å². The topological polar surface area (TPSA) is 57.0 Å². The number of carbonyl (C=O) groups excluding carboxylic acids is 1. The number of ketones is 1. The highest BCUT2D eigenvalue weighted by molar-refractivity contribution is 8.00. The minimum atomic E-state index is -0.0439. The van der Waals surface area contributed by atoms with Crippen molar-refractivity contribution in [2.24, 2.45) is 0 Å². The van der Waals surface area contributed by atoms with E-state index < -0.39 is 0 Å². The highest BCUT2D eigenvalue weighted by Gasteiger charge is 2.27. The van der Waals surface area contributed by atoms with Crippen molar-refractivity contribution in [3.05, 3.63) is 41.8 Å². The zero-order valence-corrected chi connectivity index (χ0v) is 16.1. The molecule has 26 heavy (non-hydrogen) atoms. The van der Waals surface area contributed by atoms with E-state index in [1.807, 2.05) is 46.3 Å². The Labute approximate surface area is 160 Å². The van der Waals surface area contributed by atoms with Crippen LogP contribution in [0.3, 0.4) is 0 Å². The summed E-state index contributed by atoms with van der Waals surface area (Å²) in [5.74, 6) is 1.84. The molecule has 134 valence electrons. The monoisotopic (exact) mass is 385 g/mol. The van der Waals surface area contributed by atoms with Crippen LogP contribution in [0.2, 0.25) is 0 Å². The van der Waals surface area contributed by atoms with Gasteiger partial charge in [-0.3, -0.25) is 9.36 Å². The molecule has 7 heteroatoms. The number of thioether (sulfide) groups is 1. The summed E-state index contributed by atoms with van der Waals surface area (Å²) in [6, 6.07) is 11.9. The lowest BCUT2D eigenvalue weighted by molar-refractivity contribution is -0.119. The van der Waals surface area contributed by atoms with E-state index in [4.69, 9.17) is 4.74 Å². The second kappa shape index (κ2) is 7.63. The largest absolute Gasteiger partial charge is 0.495 e. The van der Waals surface area contributed by atoms with Crippen LogP contribution in [0.1, 0.15) is 25.7 Å². The number of methoxy groups -OCH3 is 1. The van der Waals surface area contributed by atoms with E-state index in [0.717, 1.165) is 46.6 Å². The van der Waals surface area contributed by atoms with Gasteiger partial charge in [-0.1, -0.05) is 36.4 Å². The zero-order valence-electron chi connectivity index (χ0n) is 14.4. The minimum absolute atomic E-state index is 0.0439. The molecule has 1 saturated carbocycles. The molecule has 5 nitrogen and oxygen atoms in total. The van der Waals surface area contributed by atoms with Gasteiger partial charge in [-0.2, -0.15) is 0 Å². The second-order valence-corrected chi connectivity index (χ2v) is 8.23. The Morgan fingerprint density at radius 1 is 1.19 bits per heavy atom. The quantitative estimate of drug-likeness (QED) is 0.642. The van der Waals surface area contributed by atoms with Crippen molar-refractivity contribution in [1.29, 1.82) is 0 Å². The number of para-hydroxylation sites is 2. The van der Waals surface area contributed by atoms with E-state index in [0.29, 0.717) is 12.2 Å². The van der Waals surface area contributed by atoms with Crippen LogP contribution in [0.15, 0.2) is 46.9 Å². The Morgan fingerprint density at radius 3 is 2.85 bits per heavy atom. The van der Waals surface area contributed by atoms with Gasteiger partial charge in [0.05, 0.1) is 22.9 Å². The number of thiophene rings is 1. The Bertz CT molecular complexity index is 905. The van der Waals surface area contributed by atoms with Crippen LogP contribution in [-0.4, -0.2) is 32.9 Å². The van der Waals surface area contributed by atoms with E-state index in [1.54, 1.807) is 18.4 Å². The highest BCUT2D eigenvalue weighted by atomic mass is 32.2. The third-order valence-electron chi connectivity index (χ3n) is 4.45. The molecule has 0 radical (unpaired) electrons. The molecule has 1 aliphatic carbocycles. The molecule has 2 aromatic heterocycles. The highest BCUT2D eigenvalue weighted by Crippen LogP contribution is 2.37. The molecule has 3 aromatic rings. The Hall–Kier alpha value is -2.12. The average molecular weight is 386 g/mol. The Balaban J connectivity index is 1.81. The van der Waals surface area contributed by atoms with E-state index in [9.17, 15) is 4.79 Å². The fourth-order valence-corrected chi connectivity index (χ4v) is 5.01. The summed E-state index contributed by atoms with van der Waals surface area (Å²) in [4.78, 5) is 13.3. The Morgan fingerprint density at radius 2 is 2.08 bits per heavy atom. The van der Waals surface area contributed by atoms with E-state index in [1.165, 1.54) is 11.8 Å². The molecule has 1 fully saturated rings. The Kier molecular flexibility index (Phi) is 5.08. The summed E-state index contributed by atoms with van der Waals surface area (Å²) in [6.07, 6.45) is 3.65. The normalized spacial score (nSPS) is 17.4. The molecule has 0 N–H and O–H groups in total. The second-order valence-electron chi connectivity index (χ2n) is 6.11. The van der Waals surface area contributed by atoms with Crippen molar-refractivity contribution in [1.82, 2.24) is 14.8 Å². The van der Waals surface area contributed by atoms with Gasteiger partial charge in [0.2, 0.25) is 0 Å². The number of hydrogen-bond donors (Lipinski definition) is 0. The van der Waals surface area contributed by atoms with Gasteiger partial charge in [-0.15, -0.1) is 21.5 Å². The fraction of sp³-hybridized carbons (Fsp3) is 0.316. The summed E-state index contributed by atoms with van der Waals surface area (Å²) in [5, 5.41) is 11.6. The number of hydrogen-bond acceptors (Lipinski definition) is 6. The molecule has 0 unspecified atom stereocenters. The van der Waals surface area contributed by atoms with Gasteiger partial charge < -0.3 is 4.74 Å². The van der Waals surface area contributed by atoms with E-state index in [2.05, 4.69) is 10.2 Å². The SMILES string of the molecule is COc1ccccc1-n1c(S[C@@H]2CCCCC2=O)nnc1-c1cccs1. The smallest absolute Gasteiger partial charge is 0.196 e. The molecule has 0 amide bonds. The van der Waals surface area contributed by atoms with Crippen molar-refractivity contribution in [2.45, 2.75) is 36.1 Å². The molecule has 1 aliphatic rings. The number of benzene rings is 1. The van der Waals surface area contributed by atoms with Gasteiger partial charge in [0.15, 0.2) is 11.0 Å². The van der Waals surface area contributed by atoms with Gasteiger partial charge >= 0.3 is 0 Å². The minimum Gasteiger partial charge on any atom is -0.495 e. The first-order valence-corrected chi connectivity index (χ1v) is 10.4. The first kappa shape index (κ1) is 17.3. The first-order chi connectivity index (χ1) is 12.8. The molecular formula is C19H19N3O2S2. The number of Topliss-reactive ketones (excluding diaryl/α,β-unsaturated/α-hetero) is 1. The van der Waals surface area contributed by atoms with Gasteiger partial charge in [-0.25, -0.2) is 0 Å². The fourth-order valence-electron chi connectivity index (χ4n) is 3.15. The maximum absolute atomic E-state index is 12.3. The maximum Gasteiger partial charge on any atom is 0.196 e. The summed E-state index contributed by atoms with van der Waals surface area (Å²) >= 11 is 3.14. The number of ether oxygens (including phenoxy) is 1. The molecule has 0 aliphatic heterocycles. The number of rotatable bonds is 5. The zero-order chi connectivity index (χ0) is 17.9. The van der Waals surface area contributed by atoms with Gasteiger partial charge in [0.1, 0.15) is 11.5 Å². The van der Waals surface area contributed by atoms with Crippen LogP contribution in [0.4, 0.5) is 0 Å². The molecule has 0 saturated heterocycles. The molecular weight excluding hydrogens is 366 g/mol. The van der Waals surface area contributed by atoms with Crippen molar-refractivity contribution < 1.29 is 9.53 Å². The third kappa shape index (κ3) is 3.29. The van der Waals surface area contributed by atoms with Gasteiger partial charge in [-0.05, 0) is 36.4 Å². The average Bonchev–Trinajstić information content (AvgIpc) is 3.33. The standard InChI is InChI=1S/C19H19N3O2S2/c1-24-15-9-4-2-7-13(15)22-18(17-11-6-12-25-17)20-21-19(22)26-16-10-5-3-8-14(16)23/h2,4,6-7,9,11-12,16H,3,5,8,10H2,1H3/t16-/m1/s1. The summed E-state index contributed by atoms with van der Waals surface area (Å²) in [6.45, 7) is 0. The molecule has 1 aromatic carbocycles. The first-order valence-electron chi connectivity index (χ1n) is 8.60. The van der Waals surface area contributed by atoms with Crippen LogP contribution in [0, 0.1) is 0 Å². The maximum atomic E-state index is 12.3. The lowest BCUT2D eigenvalue weighted by Gasteiger charge is -2.20.